The fourth-order valence-corrected chi connectivity index (χ4v) is 4.88. The third-order valence-electron chi connectivity index (χ3n) is 6.85. The molecule has 2 aromatic carbocycles. The molecule has 0 aliphatic carbocycles. The summed E-state index contributed by atoms with van der Waals surface area (Å²) in [4.78, 5) is 18.6. The monoisotopic (exact) mass is 506 g/mol. The minimum atomic E-state index is -1.21. The Morgan fingerprint density at radius 1 is 1.08 bits per heavy atom. The zero-order valence-corrected chi connectivity index (χ0v) is 20.9. The highest BCUT2D eigenvalue weighted by Crippen LogP contribution is 2.36. The number of fused-ring (bicyclic) bond motifs is 1. The number of benzene rings is 2. The smallest absolute Gasteiger partial charge is 0.354 e. The molecule has 1 aliphatic rings. The lowest BCUT2D eigenvalue weighted by molar-refractivity contribution is 0.0691. The van der Waals surface area contributed by atoms with Crippen LogP contribution in [0.15, 0.2) is 48.5 Å². The normalized spacial score (nSPS) is 14.4. The molecule has 1 saturated heterocycles. The Kier molecular flexibility index (Phi) is 6.64. The van der Waals surface area contributed by atoms with Crippen molar-refractivity contribution < 1.29 is 23.4 Å². The Balaban J connectivity index is 1.67. The fraction of sp³-hybridized carbons (Fsp3) is 0.321. The number of hydrogen-bond donors (Lipinski definition) is 1. The van der Waals surface area contributed by atoms with Crippen LogP contribution in [0.5, 0.6) is 0 Å². The van der Waals surface area contributed by atoms with Crippen molar-refractivity contribution in [1.29, 1.82) is 0 Å². The van der Waals surface area contributed by atoms with Gasteiger partial charge in [-0.25, -0.2) is 23.2 Å². The van der Waals surface area contributed by atoms with Crippen LogP contribution in [0.25, 0.3) is 27.8 Å². The molecule has 0 bridgehead atoms. The molecule has 0 saturated carbocycles. The maximum absolute atomic E-state index is 14.1. The van der Waals surface area contributed by atoms with Gasteiger partial charge in [0, 0.05) is 38.1 Å². The Labute approximate surface area is 213 Å². The Morgan fingerprint density at radius 2 is 1.73 bits per heavy atom. The number of ether oxygens (including phenoxy) is 1. The van der Waals surface area contributed by atoms with Crippen LogP contribution in [0.4, 0.5) is 14.5 Å². The molecule has 3 heterocycles. The van der Waals surface area contributed by atoms with Crippen molar-refractivity contribution in [3.63, 3.8) is 0 Å². The summed E-state index contributed by atoms with van der Waals surface area (Å²) in [7, 11) is 2.07. The summed E-state index contributed by atoms with van der Waals surface area (Å²) in [5.41, 5.74) is 3.33. The van der Waals surface area contributed by atoms with Gasteiger partial charge in [0.25, 0.3) is 0 Å². The van der Waals surface area contributed by atoms with Gasteiger partial charge in [-0.15, -0.1) is 0 Å². The number of aromatic carboxylic acids is 1. The van der Waals surface area contributed by atoms with E-state index in [1.807, 2.05) is 38.1 Å². The van der Waals surface area contributed by atoms with Crippen LogP contribution in [0.3, 0.4) is 0 Å². The molecular formula is C28H28F2N4O3. The summed E-state index contributed by atoms with van der Waals surface area (Å²) in [6, 6.07) is 12.9. The Morgan fingerprint density at radius 3 is 2.32 bits per heavy atom. The lowest BCUT2D eigenvalue weighted by Crippen LogP contribution is -2.36. The molecule has 192 valence electrons. The third-order valence-corrected chi connectivity index (χ3v) is 6.85. The summed E-state index contributed by atoms with van der Waals surface area (Å²) in [5.74, 6) is -2.78. The number of aromatic nitrogens is 3. The first-order valence-electron chi connectivity index (χ1n) is 12.3. The van der Waals surface area contributed by atoms with Crippen molar-refractivity contribution in [1.82, 2.24) is 14.8 Å². The third kappa shape index (κ3) is 4.79. The van der Waals surface area contributed by atoms with E-state index in [0.29, 0.717) is 22.7 Å². The van der Waals surface area contributed by atoms with E-state index in [2.05, 4.69) is 22.0 Å². The van der Waals surface area contributed by atoms with Gasteiger partial charge in [-0.3, -0.25) is 0 Å². The fourth-order valence-electron chi connectivity index (χ4n) is 4.88. The number of carboxylic acids is 1. The van der Waals surface area contributed by atoms with Crippen LogP contribution >= 0.6 is 0 Å². The van der Waals surface area contributed by atoms with E-state index in [0.717, 1.165) is 55.5 Å². The predicted molar refractivity (Wildman–Crippen MR) is 138 cm³/mol. The van der Waals surface area contributed by atoms with Crippen molar-refractivity contribution in [2.45, 2.75) is 38.6 Å². The number of nitrogens with zero attached hydrogens (tertiary/aromatic N) is 4. The summed E-state index contributed by atoms with van der Waals surface area (Å²) in [6.07, 6.45) is 1.92. The van der Waals surface area contributed by atoms with Gasteiger partial charge in [0.15, 0.2) is 11.3 Å². The van der Waals surface area contributed by atoms with Crippen molar-refractivity contribution >= 4 is 22.7 Å². The number of carbonyl (C=O) groups is 1. The van der Waals surface area contributed by atoms with Crippen LogP contribution in [-0.2, 0) is 4.74 Å². The van der Waals surface area contributed by atoms with Crippen molar-refractivity contribution in [3.8, 4) is 16.8 Å². The van der Waals surface area contributed by atoms with Gasteiger partial charge >= 0.3 is 5.97 Å². The van der Waals surface area contributed by atoms with Crippen molar-refractivity contribution in [2.24, 2.45) is 0 Å². The van der Waals surface area contributed by atoms with Crippen molar-refractivity contribution in [2.75, 3.05) is 25.2 Å². The number of anilines is 1. The molecule has 2 aromatic heterocycles. The summed E-state index contributed by atoms with van der Waals surface area (Å²) < 4.78 is 34.9. The Bertz CT molecular complexity index is 1440. The molecule has 0 radical (unpaired) electrons. The van der Waals surface area contributed by atoms with Gasteiger partial charge in [-0.2, -0.15) is 5.10 Å². The van der Waals surface area contributed by atoms with E-state index in [4.69, 9.17) is 4.74 Å². The van der Waals surface area contributed by atoms with Gasteiger partial charge < -0.3 is 14.7 Å². The highest BCUT2D eigenvalue weighted by atomic mass is 19.1. The molecule has 9 heteroatoms. The van der Waals surface area contributed by atoms with Gasteiger partial charge in [0.05, 0.1) is 16.8 Å². The molecule has 0 unspecified atom stereocenters. The summed E-state index contributed by atoms with van der Waals surface area (Å²) >= 11 is 0. The maximum Gasteiger partial charge on any atom is 0.354 e. The maximum atomic E-state index is 14.1. The number of halogens is 2. The number of rotatable bonds is 6. The van der Waals surface area contributed by atoms with E-state index in [9.17, 15) is 18.7 Å². The molecule has 1 fully saturated rings. The predicted octanol–water partition coefficient (Wildman–Crippen LogP) is 5.80. The van der Waals surface area contributed by atoms with Crippen LogP contribution in [0.1, 0.15) is 48.8 Å². The lowest BCUT2D eigenvalue weighted by atomic mass is 9.97. The second kappa shape index (κ2) is 9.89. The van der Waals surface area contributed by atoms with E-state index in [1.54, 1.807) is 0 Å². The second-order valence-corrected chi connectivity index (χ2v) is 9.64. The van der Waals surface area contributed by atoms with Crippen LogP contribution in [0, 0.1) is 11.6 Å². The largest absolute Gasteiger partial charge is 0.477 e. The standard InChI is InChI=1S/C28H28F2N4O3/c1-16(2)26-25-23(17-4-6-20(7-5-17)33(3)21-8-10-37-11-9-21)15-24(28(35)36)31-27(25)34(32-26)22-13-18(29)12-19(30)14-22/h4-7,12-16,21H,8-11H2,1-3H3,(H,35,36). The van der Waals surface area contributed by atoms with Crippen LogP contribution in [0.2, 0.25) is 0 Å². The Hall–Kier alpha value is -3.85. The average Bonchev–Trinajstić information content (AvgIpc) is 3.28. The average molecular weight is 507 g/mol. The molecule has 0 atom stereocenters. The molecule has 0 amide bonds. The van der Waals surface area contributed by atoms with Gasteiger partial charge in [0.2, 0.25) is 0 Å². The molecule has 0 spiro atoms. The van der Waals surface area contributed by atoms with Crippen molar-refractivity contribution in [3.05, 3.63) is 71.6 Å². The van der Waals surface area contributed by atoms with E-state index >= 15 is 0 Å². The topological polar surface area (TPSA) is 80.5 Å². The van der Waals surface area contributed by atoms with E-state index in [1.165, 1.54) is 10.7 Å². The van der Waals surface area contributed by atoms with E-state index < -0.39 is 17.6 Å². The zero-order valence-electron chi connectivity index (χ0n) is 20.9. The molecule has 37 heavy (non-hydrogen) atoms. The number of pyridine rings is 1. The molecule has 1 N–H and O–H groups in total. The van der Waals surface area contributed by atoms with Gasteiger partial charge in [-0.1, -0.05) is 26.0 Å². The molecule has 7 nitrogen and oxygen atoms in total. The molecule has 4 aromatic rings. The second-order valence-electron chi connectivity index (χ2n) is 9.64. The summed E-state index contributed by atoms with van der Waals surface area (Å²) in [6.45, 7) is 5.41. The highest BCUT2D eigenvalue weighted by Gasteiger charge is 2.24. The zero-order chi connectivity index (χ0) is 26.3. The quantitative estimate of drug-likeness (QED) is 0.356. The van der Waals surface area contributed by atoms with Crippen LogP contribution < -0.4 is 4.90 Å². The van der Waals surface area contributed by atoms with E-state index in [-0.39, 0.29) is 22.9 Å². The molecular weight excluding hydrogens is 478 g/mol. The summed E-state index contributed by atoms with van der Waals surface area (Å²) in [5, 5.41) is 15.1. The SMILES string of the molecule is CC(C)c1nn(-c2cc(F)cc(F)c2)c2nc(C(=O)O)cc(-c3ccc(N(C)C4CCOCC4)cc3)c12. The minimum Gasteiger partial charge on any atom is -0.477 e. The van der Waals surface area contributed by atoms with Gasteiger partial charge in [0.1, 0.15) is 11.6 Å². The van der Waals surface area contributed by atoms with Crippen LogP contribution in [-0.4, -0.2) is 52.1 Å². The molecule has 1 aliphatic heterocycles. The highest BCUT2D eigenvalue weighted by molar-refractivity contribution is 6.00. The van der Waals surface area contributed by atoms with Gasteiger partial charge in [-0.05, 0) is 60.2 Å². The molecule has 5 rings (SSSR count). The first kappa shape index (κ1) is 24.8. The number of carboxylic acid groups (broad SMARTS) is 1. The first-order chi connectivity index (χ1) is 17.7. The first-order valence-corrected chi connectivity index (χ1v) is 12.3. The minimum absolute atomic E-state index is 0.0580. The lowest BCUT2D eigenvalue weighted by Gasteiger charge is -2.33. The number of hydrogen-bond acceptors (Lipinski definition) is 5.